The number of fused-ring (bicyclic) bond motifs is 1. The topological polar surface area (TPSA) is 106 Å². The maximum Gasteiger partial charge on any atom is 0.332 e. The summed E-state index contributed by atoms with van der Waals surface area (Å²) < 4.78 is 2.34. The molecule has 9 nitrogen and oxygen atoms in total. The van der Waals surface area contributed by atoms with Crippen molar-refractivity contribution in [2.45, 2.75) is 19.4 Å². The van der Waals surface area contributed by atoms with Crippen LogP contribution in [0.15, 0.2) is 34.0 Å². The highest BCUT2D eigenvalue weighted by atomic mass is 16.2. The molecule has 0 aromatic carbocycles. The Morgan fingerprint density at radius 2 is 2.00 bits per heavy atom. The quantitative estimate of drug-likeness (QED) is 0.690. The molecule has 0 bridgehead atoms. The SMILES string of the molecule is CN(Cc1ccccn1)C(=O)CCc1nc2c([nH]1)c(=O)n(C)c(=O)n2C. The molecule has 3 heterocycles. The third-order valence-electron chi connectivity index (χ3n) is 4.27. The van der Waals surface area contributed by atoms with Crippen molar-refractivity contribution < 1.29 is 4.79 Å². The lowest BCUT2D eigenvalue weighted by Crippen LogP contribution is -2.36. The first-order chi connectivity index (χ1) is 12.4. The van der Waals surface area contributed by atoms with Crippen molar-refractivity contribution in [1.29, 1.82) is 0 Å². The second-order valence-corrected chi connectivity index (χ2v) is 6.16. The van der Waals surface area contributed by atoms with Gasteiger partial charge in [0, 0.05) is 40.2 Å². The van der Waals surface area contributed by atoms with Crippen LogP contribution in [0.5, 0.6) is 0 Å². The van der Waals surface area contributed by atoms with Gasteiger partial charge in [0.15, 0.2) is 5.65 Å². The van der Waals surface area contributed by atoms with Gasteiger partial charge in [-0.1, -0.05) is 6.07 Å². The van der Waals surface area contributed by atoms with E-state index in [1.54, 1.807) is 25.2 Å². The van der Waals surface area contributed by atoms with Crippen LogP contribution in [0, 0.1) is 0 Å². The molecule has 0 fully saturated rings. The Morgan fingerprint density at radius 3 is 2.69 bits per heavy atom. The standard InChI is InChI=1S/C17H20N6O3/c1-21(10-11-6-4-5-9-18-11)13(24)8-7-12-19-14-15(20-12)22(2)17(26)23(3)16(14)25/h4-6,9H,7-8,10H2,1-3H3,(H,19,20). The lowest BCUT2D eigenvalue weighted by Gasteiger charge is -2.16. The van der Waals surface area contributed by atoms with E-state index in [9.17, 15) is 14.4 Å². The fourth-order valence-corrected chi connectivity index (χ4v) is 2.73. The average molecular weight is 356 g/mol. The highest BCUT2D eigenvalue weighted by molar-refractivity contribution is 5.76. The third-order valence-corrected chi connectivity index (χ3v) is 4.27. The number of rotatable bonds is 5. The molecule has 0 saturated heterocycles. The van der Waals surface area contributed by atoms with Gasteiger partial charge in [0.25, 0.3) is 5.56 Å². The molecule has 9 heteroatoms. The van der Waals surface area contributed by atoms with Gasteiger partial charge in [-0.3, -0.25) is 23.7 Å². The third kappa shape index (κ3) is 3.28. The number of nitrogens with zero attached hydrogens (tertiary/aromatic N) is 5. The van der Waals surface area contributed by atoms with Crippen molar-refractivity contribution in [3.8, 4) is 0 Å². The molecule has 1 amide bonds. The summed E-state index contributed by atoms with van der Waals surface area (Å²) in [6.07, 6.45) is 2.27. The number of amides is 1. The summed E-state index contributed by atoms with van der Waals surface area (Å²) in [5.74, 6) is 0.441. The summed E-state index contributed by atoms with van der Waals surface area (Å²) >= 11 is 0. The molecule has 0 aliphatic carbocycles. The molecule has 0 aliphatic rings. The molecule has 26 heavy (non-hydrogen) atoms. The molecule has 3 aromatic heterocycles. The number of carbonyl (C=O) groups excluding carboxylic acids is 1. The number of hydrogen-bond acceptors (Lipinski definition) is 5. The normalized spacial score (nSPS) is 11.0. The van der Waals surface area contributed by atoms with Gasteiger partial charge in [-0.25, -0.2) is 9.78 Å². The van der Waals surface area contributed by atoms with E-state index in [2.05, 4.69) is 15.0 Å². The van der Waals surface area contributed by atoms with Crippen molar-refractivity contribution >= 4 is 17.1 Å². The van der Waals surface area contributed by atoms with Crippen molar-refractivity contribution in [2.75, 3.05) is 7.05 Å². The Hall–Kier alpha value is -3.23. The van der Waals surface area contributed by atoms with E-state index in [0.717, 1.165) is 10.3 Å². The first-order valence-corrected chi connectivity index (χ1v) is 8.17. The molecular formula is C17H20N6O3. The molecule has 0 atom stereocenters. The minimum Gasteiger partial charge on any atom is -0.340 e. The second-order valence-electron chi connectivity index (χ2n) is 6.16. The molecule has 3 rings (SSSR count). The van der Waals surface area contributed by atoms with E-state index < -0.39 is 11.2 Å². The predicted molar refractivity (Wildman–Crippen MR) is 95.6 cm³/mol. The van der Waals surface area contributed by atoms with Crippen LogP contribution in [-0.2, 0) is 31.9 Å². The molecule has 0 unspecified atom stereocenters. The Bertz CT molecular complexity index is 1060. The number of carbonyl (C=O) groups is 1. The summed E-state index contributed by atoms with van der Waals surface area (Å²) in [6, 6.07) is 5.56. The van der Waals surface area contributed by atoms with Crippen molar-refractivity contribution in [1.82, 2.24) is 29.0 Å². The Labute approximate surface area is 148 Å². The van der Waals surface area contributed by atoms with E-state index in [-0.39, 0.29) is 17.8 Å². The van der Waals surface area contributed by atoms with E-state index in [1.807, 2.05) is 18.2 Å². The van der Waals surface area contributed by atoms with E-state index in [0.29, 0.717) is 24.4 Å². The molecule has 0 radical (unpaired) electrons. The number of aromatic nitrogens is 5. The number of pyridine rings is 1. The van der Waals surface area contributed by atoms with Gasteiger partial charge in [0.2, 0.25) is 5.91 Å². The van der Waals surface area contributed by atoms with Gasteiger partial charge >= 0.3 is 5.69 Å². The number of imidazole rings is 1. The van der Waals surface area contributed by atoms with Crippen LogP contribution in [0.2, 0.25) is 0 Å². The Morgan fingerprint density at radius 1 is 1.23 bits per heavy atom. The maximum atomic E-state index is 12.3. The van der Waals surface area contributed by atoms with Crippen LogP contribution in [-0.4, -0.2) is 41.9 Å². The fraction of sp³-hybridized carbons (Fsp3) is 0.353. The summed E-state index contributed by atoms with van der Waals surface area (Å²) in [6.45, 7) is 0.425. The van der Waals surface area contributed by atoms with Gasteiger partial charge in [-0.05, 0) is 12.1 Å². The summed E-state index contributed by atoms with van der Waals surface area (Å²) in [5.41, 5.74) is 0.499. The van der Waals surface area contributed by atoms with Gasteiger partial charge in [-0.2, -0.15) is 0 Å². The molecule has 0 aliphatic heterocycles. The van der Waals surface area contributed by atoms with Crippen LogP contribution >= 0.6 is 0 Å². The van der Waals surface area contributed by atoms with Crippen LogP contribution in [0.3, 0.4) is 0 Å². The number of nitrogens with one attached hydrogen (secondary N) is 1. The fourth-order valence-electron chi connectivity index (χ4n) is 2.73. The summed E-state index contributed by atoms with van der Waals surface area (Å²) in [5, 5.41) is 0. The minimum absolute atomic E-state index is 0.0575. The first-order valence-electron chi connectivity index (χ1n) is 8.17. The highest BCUT2D eigenvalue weighted by Gasteiger charge is 2.15. The largest absolute Gasteiger partial charge is 0.340 e. The summed E-state index contributed by atoms with van der Waals surface area (Å²) in [7, 11) is 4.69. The molecular weight excluding hydrogens is 336 g/mol. The molecule has 0 spiro atoms. The second kappa shape index (κ2) is 6.95. The van der Waals surface area contributed by atoms with Crippen LogP contribution in [0.25, 0.3) is 11.2 Å². The molecule has 136 valence electrons. The summed E-state index contributed by atoms with van der Waals surface area (Å²) in [4.78, 5) is 49.5. The van der Waals surface area contributed by atoms with Crippen LogP contribution < -0.4 is 11.2 Å². The number of aromatic amines is 1. The Kier molecular flexibility index (Phi) is 4.70. The van der Waals surface area contributed by atoms with Crippen LogP contribution in [0.1, 0.15) is 17.9 Å². The number of H-pyrrole nitrogens is 1. The first kappa shape index (κ1) is 17.6. The van der Waals surface area contributed by atoms with E-state index in [4.69, 9.17) is 0 Å². The number of hydrogen-bond donors (Lipinski definition) is 1. The van der Waals surface area contributed by atoms with Crippen molar-refractivity contribution in [3.63, 3.8) is 0 Å². The maximum absolute atomic E-state index is 12.3. The van der Waals surface area contributed by atoms with Crippen molar-refractivity contribution in [3.05, 3.63) is 56.8 Å². The number of aryl methyl sites for hydroxylation is 2. The molecule has 3 aromatic rings. The van der Waals surface area contributed by atoms with Gasteiger partial charge in [0.1, 0.15) is 11.3 Å². The average Bonchev–Trinajstić information content (AvgIpc) is 3.08. The predicted octanol–water partition coefficient (Wildman–Crippen LogP) is -0.0535. The minimum atomic E-state index is -0.438. The van der Waals surface area contributed by atoms with Gasteiger partial charge in [0.05, 0.1) is 12.2 Å². The lowest BCUT2D eigenvalue weighted by molar-refractivity contribution is -0.130. The van der Waals surface area contributed by atoms with Gasteiger partial charge < -0.3 is 9.88 Å². The van der Waals surface area contributed by atoms with Crippen molar-refractivity contribution in [2.24, 2.45) is 14.1 Å². The zero-order chi connectivity index (χ0) is 18.8. The highest BCUT2D eigenvalue weighted by Crippen LogP contribution is 2.08. The smallest absolute Gasteiger partial charge is 0.332 e. The molecule has 1 N–H and O–H groups in total. The van der Waals surface area contributed by atoms with Gasteiger partial charge in [-0.15, -0.1) is 0 Å². The zero-order valence-electron chi connectivity index (χ0n) is 14.9. The van der Waals surface area contributed by atoms with E-state index in [1.165, 1.54) is 11.6 Å². The Balaban J connectivity index is 1.72. The van der Waals surface area contributed by atoms with E-state index >= 15 is 0 Å². The zero-order valence-corrected chi connectivity index (χ0v) is 14.9. The van der Waals surface area contributed by atoms with Crippen LogP contribution in [0.4, 0.5) is 0 Å². The lowest BCUT2D eigenvalue weighted by atomic mass is 10.2. The molecule has 0 saturated carbocycles. The monoisotopic (exact) mass is 356 g/mol.